The van der Waals surface area contributed by atoms with Gasteiger partial charge in [0.1, 0.15) is 0 Å². The third-order valence-corrected chi connectivity index (χ3v) is 0.167. The van der Waals surface area contributed by atoms with Gasteiger partial charge >= 0.3 is 39.0 Å². The average Bonchev–Trinajstić information content (AvgIpc) is 2.13. The zero-order valence-corrected chi connectivity index (χ0v) is 19.2. The van der Waals surface area contributed by atoms with Gasteiger partial charge in [-0.25, -0.2) is 0 Å². The summed E-state index contributed by atoms with van der Waals surface area (Å²) in [5.74, 6) is -4.33. The monoisotopic (exact) mass is 424 g/mol. The Labute approximate surface area is 154 Å². The van der Waals surface area contributed by atoms with Gasteiger partial charge in [-0.05, 0) is 27.7 Å². The van der Waals surface area contributed by atoms with Gasteiger partial charge in [0.15, 0.2) is 0 Å². The van der Waals surface area contributed by atoms with Crippen LogP contribution in [0.2, 0.25) is 0 Å². The number of carbonyl (C=O) groups excluding carboxylic acids is 4. The van der Waals surface area contributed by atoms with Crippen molar-refractivity contribution in [3.63, 3.8) is 0 Å². The number of hydrogen-bond donors (Lipinski definition) is 2. The van der Waals surface area contributed by atoms with E-state index in [0.717, 1.165) is 27.7 Å². The number of hydrogen-bond acceptors (Lipinski definition) is 10. The molecule has 0 aromatic heterocycles. The summed E-state index contributed by atoms with van der Waals surface area (Å²) >= 11 is 0. The van der Waals surface area contributed by atoms with Crippen molar-refractivity contribution in [3.05, 3.63) is 0 Å². The first-order chi connectivity index (χ1) is 8.84. The second-order valence-electron chi connectivity index (χ2n) is 2.54. The zero-order valence-electron chi connectivity index (χ0n) is 13.2. The first-order valence-electron chi connectivity index (χ1n) is 4.95. The second-order valence-corrected chi connectivity index (χ2v) is 2.54. The third-order valence-electron chi connectivity index (χ3n) is 0.167. The molecule has 0 aromatic rings. The van der Waals surface area contributed by atoms with Crippen LogP contribution < -0.4 is 31.9 Å². The van der Waals surface area contributed by atoms with E-state index in [-0.39, 0.29) is 39.0 Å². The van der Waals surface area contributed by atoms with Crippen molar-refractivity contribution in [2.75, 3.05) is 13.1 Å². The van der Waals surface area contributed by atoms with E-state index >= 15 is 0 Å². The largest absolute Gasteiger partial charge is 2.00 e. The molecule has 122 valence electrons. The van der Waals surface area contributed by atoms with Gasteiger partial charge in [0.2, 0.25) is 0 Å². The third kappa shape index (κ3) is 2840000. The Morgan fingerprint density at radius 2 is 0.636 bits per heavy atom. The van der Waals surface area contributed by atoms with Crippen LogP contribution in [0.1, 0.15) is 27.7 Å². The van der Waals surface area contributed by atoms with E-state index < -0.39 is 23.9 Å². The first-order valence-corrected chi connectivity index (χ1v) is 4.95. The molecule has 0 unspecified atom stereocenters. The predicted octanol–water partition coefficient (Wildman–Crippen LogP) is -6.08. The normalized spacial score (nSPS) is 5.91. The molecule has 0 aliphatic carbocycles. The van der Waals surface area contributed by atoms with E-state index in [1.165, 1.54) is 0 Å². The summed E-state index contributed by atoms with van der Waals surface area (Å²) in [6.07, 6.45) is 0. The zero-order chi connectivity index (χ0) is 17.7. The van der Waals surface area contributed by atoms with E-state index in [2.05, 4.69) is 0 Å². The van der Waals surface area contributed by atoms with Crippen LogP contribution in [0.15, 0.2) is 0 Å². The molecule has 0 aliphatic rings. The maximum Gasteiger partial charge on any atom is 2.00 e. The quantitative estimate of drug-likeness (QED) is 0.378. The number of carboxylic acids is 4. The van der Waals surface area contributed by atoms with Gasteiger partial charge in [-0.1, -0.05) is 0 Å². The number of aliphatic carboxylic acids is 4. The van der Waals surface area contributed by atoms with Gasteiger partial charge in [-0.2, -0.15) is 0 Å². The fourth-order valence-electron chi connectivity index (χ4n) is 0. The minimum atomic E-state index is -1.08. The van der Waals surface area contributed by atoms with Gasteiger partial charge in [-0.15, -0.1) is 0 Å². The van der Waals surface area contributed by atoms with E-state index in [9.17, 15) is 0 Å². The minimum Gasteiger partial charge on any atom is -0.550 e. The Bertz CT molecular complexity index is 199. The van der Waals surface area contributed by atoms with Crippen LogP contribution in [-0.2, 0) is 58.1 Å². The van der Waals surface area contributed by atoms with E-state index in [0.29, 0.717) is 13.1 Å². The Kier molecular flexibility index (Phi) is 83.2. The van der Waals surface area contributed by atoms with Crippen LogP contribution in [0.4, 0.5) is 0 Å². The molecule has 0 heterocycles. The van der Waals surface area contributed by atoms with Gasteiger partial charge in [0.05, 0.1) is 0 Å². The van der Waals surface area contributed by atoms with Crippen LogP contribution >= 0.6 is 0 Å². The summed E-state index contributed by atoms with van der Waals surface area (Å²) in [5, 5.41) is 35.6. The van der Waals surface area contributed by atoms with Crippen molar-refractivity contribution in [1.82, 2.24) is 0 Å². The Hall–Kier alpha value is -0.953. The van der Waals surface area contributed by atoms with Crippen LogP contribution in [0.25, 0.3) is 0 Å². The molecule has 0 aliphatic heterocycles. The number of rotatable bonds is 1. The van der Waals surface area contributed by atoms with Gasteiger partial charge in [-0.3, -0.25) is 0 Å². The summed E-state index contributed by atoms with van der Waals surface area (Å²) in [7, 11) is 0. The first kappa shape index (κ1) is 42.9. The molecule has 0 aromatic carbocycles. The molecule has 0 spiro atoms. The number of nitrogens with two attached hydrogens (primary N) is 2. The van der Waals surface area contributed by atoms with Crippen LogP contribution in [-0.4, -0.2) is 37.0 Å². The smallest absolute Gasteiger partial charge is 0.550 e. The molecule has 0 atom stereocenters. The molecule has 0 saturated carbocycles. The summed E-state index contributed by atoms with van der Waals surface area (Å²) in [4.78, 5) is 35.6. The molecular formula is C10H20N2O8Zn2. The Morgan fingerprint density at radius 3 is 0.636 bits per heavy atom. The molecule has 0 amide bonds. The van der Waals surface area contributed by atoms with E-state index in [1.54, 1.807) is 0 Å². The summed E-state index contributed by atoms with van der Waals surface area (Å²) in [6, 6.07) is 0. The summed E-state index contributed by atoms with van der Waals surface area (Å²) in [5.41, 5.74) is 9.81. The van der Waals surface area contributed by atoms with Crippen LogP contribution in [0.3, 0.4) is 0 Å². The summed E-state index contributed by atoms with van der Waals surface area (Å²) in [6.45, 7) is 5.08. The number of carboxylic acid groups (broad SMARTS) is 4. The standard InChI is InChI=1S/C2H8N2.4C2H4O2.2Zn/c3-1-2-4;4*1-2(3)4;;/h1-4H2;4*1H3,(H,3,4);;/q;;;;;2*+2/p-4. The average molecular weight is 427 g/mol. The Morgan fingerprint density at radius 1 is 0.591 bits per heavy atom. The maximum absolute atomic E-state index is 8.89. The van der Waals surface area contributed by atoms with Crippen molar-refractivity contribution in [2.24, 2.45) is 11.5 Å². The van der Waals surface area contributed by atoms with E-state index in [1.807, 2.05) is 0 Å². The van der Waals surface area contributed by atoms with Crippen molar-refractivity contribution in [2.45, 2.75) is 27.7 Å². The fraction of sp³-hybridized carbons (Fsp3) is 0.600. The van der Waals surface area contributed by atoms with Crippen molar-refractivity contribution in [3.8, 4) is 0 Å². The molecule has 0 radical (unpaired) electrons. The molecule has 0 bridgehead atoms. The van der Waals surface area contributed by atoms with Gasteiger partial charge in [0.25, 0.3) is 0 Å². The summed E-state index contributed by atoms with van der Waals surface area (Å²) < 4.78 is 0. The van der Waals surface area contributed by atoms with E-state index in [4.69, 9.17) is 51.1 Å². The molecule has 22 heavy (non-hydrogen) atoms. The molecular weight excluding hydrogens is 407 g/mol. The predicted molar refractivity (Wildman–Crippen MR) is 60.8 cm³/mol. The van der Waals surface area contributed by atoms with Crippen LogP contribution in [0.5, 0.6) is 0 Å². The SMILES string of the molecule is CC(=O)[O-].CC(=O)[O-].CC(=O)[O-].CC(=O)[O-].NCCN.[Zn+2].[Zn+2]. The maximum atomic E-state index is 8.89. The molecule has 4 N–H and O–H groups in total. The Balaban J connectivity index is -0.0000000250. The minimum absolute atomic E-state index is 0. The van der Waals surface area contributed by atoms with Gasteiger partial charge < -0.3 is 51.1 Å². The molecule has 0 saturated heterocycles. The number of carbonyl (C=O) groups is 4. The molecule has 0 fully saturated rings. The van der Waals surface area contributed by atoms with Crippen LogP contribution in [0, 0.1) is 0 Å². The second kappa shape index (κ2) is 42.7. The van der Waals surface area contributed by atoms with Crippen molar-refractivity contribution >= 4 is 23.9 Å². The van der Waals surface area contributed by atoms with Crippen molar-refractivity contribution in [1.29, 1.82) is 0 Å². The van der Waals surface area contributed by atoms with Crippen molar-refractivity contribution < 1.29 is 78.6 Å². The molecule has 0 rings (SSSR count). The van der Waals surface area contributed by atoms with Gasteiger partial charge in [0, 0.05) is 37.0 Å². The molecule has 12 heteroatoms. The fourth-order valence-corrected chi connectivity index (χ4v) is 0. The molecule has 10 nitrogen and oxygen atoms in total. The topological polar surface area (TPSA) is 213 Å².